The first kappa shape index (κ1) is 20.3. The summed E-state index contributed by atoms with van der Waals surface area (Å²) < 4.78 is 46.1. The highest BCUT2D eigenvalue weighted by atomic mass is 19.4. The number of aldehydes is 1. The fourth-order valence-corrected chi connectivity index (χ4v) is 3.13. The molecule has 0 atom stereocenters. The van der Waals surface area contributed by atoms with E-state index >= 15 is 0 Å². The molecular formula is C21H15F3N4O3. The van der Waals surface area contributed by atoms with Crippen LogP contribution in [0.4, 0.5) is 24.8 Å². The molecule has 1 aliphatic rings. The summed E-state index contributed by atoms with van der Waals surface area (Å²) in [5.74, 6) is -1.23. The van der Waals surface area contributed by atoms with Crippen LogP contribution < -0.4 is 10.1 Å². The van der Waals surface area contributed by atoms with Crippen molar-refractivity contribution in [3.63, 3.8) is 0 Å². The number of hydrogen-bond donors (Lipinski definition) is 1. The molecule has 0 spiro atoms. The van der Waals surface area contributed by atoms with Crippen LogP contribution in [-0.2, 0) is 12.7 Å². The lowest BCUT2D eigenvalue weighted by Crippen LogP contribution is -2.18. The third kappa shape index (κ3) is 4.04. The number of carbonyl (C=O) groups excluding carboxylic acids is 2. The maximum Gasteiger partial charge on any atom is 0.423 e. The van der Waals surface area contributed by atoms with Crippen molar-refractivity contribution in [1.82, 2.24) is 14.9 Å². The highest BCUT2D eigenvalue weighted by Gasteiger charge is 2.37. The zero-order valence-electron chi connectivity index (χ0n) is 16.1. The van der Waals surface area contributed by atoms with Crippen LogP contribution in [0.3, 0.4) is 0 Å². The second kappa shape index (κ2) is 7.71. The molecule has 10 heteroatoms. The van der Waals surface area contributed by atoms with Gasteiger partial charge in [0.15, 0.2) is 0 Å². The van der Waals surface area contributed by atoms with Gasteiger partial charge in [-0.2, -0.15) is 18.2 Å². The Hall–Kier alpha value is -3.95. The van der Waals surface area contributed by atoms with Crippen LogP contribution in [-0.4, -0.2) is 34.1 Å². The maximum atomic E-state index is 13.5. The number of hydrogen-bond acceptors (Lipinski definition) is 6. The summed E-state index contributed by atoms with van der Waals surface area (Å²) >= 11 is 0. The van der Waals surface area contributed by atoms with Gasteiger partial charge in [0, 0.05) is 31.0 Å². The Balaban J connectivity index is 1.71. The second-order valence-corrected chi connectivity index (χ2v) is 6.83. The Bertz CT molecular complexity index is 1160. The molecule has 31 heavy (non-hydrogen) atoms. The van der Waals surface area contributed by atoms with Gasteiger partial charge in [0.25, 0.3) is 5.91 Å². The number of benzene rings is 2. The molecule has 0 aliphatic carbocycles. The van der Waals surface area contributed by atoms with Crippen molar-refractivity contribution in [3.8, 4) is 11.6 Å². The van der Waals surface area contributed by atoms with Crippen molar-refractivity contribution in [2.75, 3.05) is 12.4 Å². The van der Waals surface area contributed by atoms with E-state index in [4.69, 9.17) is 4.74 Å². The molecule has 7 nitrogen and oxygen atoms in total. The molecule has 0 unspecified atom stereocenters. The monoisotopic (exact) mass is 428 g/mol. The average molecular weight is 428 g/mol. The second-order valence-electron chi connectivity index (χ2n) is 6.83. The lowest BCUT2D eigenvalue weighted by atomic mass is 10.1. The number of amides is 1. The van der Waals surface area contributed by atoms with Gasteiger partial charge in [0.2, 0.25) is 11.8 Å². The third-order valence-corrected chi connectivity index (χ3v) is 4.65. The molecule has 4 rings (SSSR count). The molecule has 2 heterocycles. The largest absolute Gasteiger partial charge is 0.437 e. The van der Waals surface area contributed by atoms with Gasteiger partial charge in [-0.25, -0.2) is 4.98 Å². The van der Waals surface area contributed by atoms with E-state index in [1.165, 1.54) is 23.1 Å². The summed E-state index contributed by atoms with van der Waals surface area (Å²) in [5.41, 5.74) is 0.590. The van der Waals surface area contributed by atoms with Gasteiger partial charge in [0.05, 0.1) is 5.56 Å². The summed E-state index contributed by atoms with van der Waals surface area (Å²) in [7, 11) is 1.59. The van der Waals surface area contributed by atoms with E-state index < -0.39 is 17.6 Å². The molecule has 3 aromatic rings. The smallest absolute Gasteiger partial charge is 0.423 e. The predicted octanol–water partition coefficient (Wildman–Crippen LogP) is 4.43. The number of nitrogens with zero attached hydrogens (tertiary/aromatic N) is 3. The van der Waals surface area contributed by atoms with E-state index in [0.29, 0.717) is 35.8 Å². The van der Waals surface area contributed by atoms with E-state index in [1.54, 1.807) is 31.3 Å². The zero-order valence-corrected chi connectivity index (χ0v) is 16.1. The van der Waals surface area contributed by atoms with Crippen molar-refractivity contribution in [2.45, 2.75) is 12.7 Å². The van der Waals surface area contributed by atoms with E-state index in [-0.39, 0.29) is 23.2 Å². The molecule has 0 bridgehead atoms. The summed E-state index contributed by atoms with van der Waals surface area (Å²) in [6.45, 7) is 0.338. The minimum atomic E-state index is -4.77. The number of ether oxygens (including phenoxy) is 1. The molecule has 2 aromatic carbocycles. The Labute approximate surface area is 174 Å². The predicted molar refractivity (Wildman–Crippen MR) is 104 cm³/mol. The molecule has 158 valence electrons. The van der Waals surface area contributed by atoms with E-state index in [0.717, 1.165) is 0 Å². The SMILES string of the molecule is CN1Cc2cccc(Oc3nc(Nc4ccc(C=O)cc4)ncc3C(F)(F)F)c2C1=O. The first-order chi connectivity index (χ1) is 14.8. The quantitative estimate of drug-likeness (QED) is 0.606. The van der Waals surface area contributed by atoms with Crippen LogP contribution in [0.1, 0.15) is 31.8 Å². The number of nitrogens with one attached hydrogen (secondary N) is 1. The molecule has 0 fully saturated rings. The number of aromatic nitrogens is 2. The van der Waals surface area contributed by atoms with Crippen molar-refractivity contribution in [1.29, 1.82) is 0 Å². The van der Waals surface area contributed by atoms with Crippen LogP contribution in [0.15, 0.2) is 48.7 Å². The Morgan fingerprint density at radius 1 is 1.16 bits per heavy atom. The zero-order chi connectivity index (χ0) is 22.2. The normalized spacial score (nSPS) is 13.2. The minimum Gasteiger partial charge on any atom is -0.437 e. The molecule has 0 saturated heterocycles. The van der Waals surface area contributed by atoms with Crippen molar-refractivity contribution in [2.24, 2.45) is 0 Å². The third-order valence-electron chi connectivity index (χ3n) is 4.65. The standard InChI is InChI=1S/C21H15F3N4O3/c1-28-10-13-3-2-4-16(17(13)19(28)30)31-18-15(21(22,23)24)9-25-20(27-18)26-14-7-5-12(11-29)6-8-14/h2-9,11H,10H2,1H3,(H,25,26,27). The summed E-state index contributed by atoms with van der Waals surface area (Å²) in [5, 5.41) is 2.77. The van der Waals surface area contributed by atoms with E-state index in [9.17, 15) is 22.8 Å². The topological polar surface area (TPSA) is 84.4 Å². The maximum absolute atomic E-state index is 13.5. The van der Waals surface area contributed by atoms with Crippen LogP contribution in [0, 0.1) is 0 Å². The first-order valence-corrected chi connectivity index (χ1v) is 9.08. The molecule has 1 N–H and O–H groups in total. The molecule has 1 aliphatic heterocycles. The van der Waals surface area contributed by atoms with E-state index in [1.807, 2.05) is 0 Å². The number of alkyl halides is 3. The highest BCUT2D eigenvalue weighted by molar-refractivity contribution is 6.00. The van der Waals surface area contributed by atoms with Crippen LogP contribution in [0.25, 0.3) is 0 Å². The van der Waals surface area contributed by atoms with Gasteiger partial charge in [-0.05, 0) is 35.9 Å². The van der Waals surface area contributed by atoms with Gasteiger partial charge >= 0.3 is 6.18 Å². The first-order valence-electron chi connectivity index (χ1n) is 9.08. The molecule has 1 amide bonds. The van der Waals surface area contributed by atoms with Gasteiger partial charge in [-0.1, -0.05) is 12.1 Å². The Morgan fingerprint density at radius 2 is 1.90 bits per heavy atom. The van der Waals surface area contributed by atoms with Crippen LogP contribution in [0.5, 0.6) is 11.6 Å². The fourth-order valence-electron chi connectivity index (χ4n) is 3.13. The molecular weight excluding hydrogens is 413 g/mol. The van der Waals surface area contributed by atoms with E-state index in [2.05, 4.69) is 15.3 Å². The Kier molecular flexibility index (Phi) is 5.05. The van der Waals surface area contributed by atoms with Gasteiger partial charge in [0.1, 0.15) is 17.6 Å². The summed E-state index contributed by atoms with van der Waals surface area (Å²) in [6, 6.07) is 10.9. The molecule has 1 aromatic heterocycles. The lowest BCUT2D eigenvalue weighted by molar-refractivity contribution is -0.139. The summed E-state index contributed by atoms with van der Waals surface area (Å²) in [4.78, 5) is 32.2. The number of rotatable bonds is 5. The number of halogens is 3. The summed E-state index contributed by atoms with van der Waals surface area (Å²) in [6.07, 6.45) is -3.48. The highest BCUT2D eigenvalue weighted by Crippen LogP contribution is 2.39. The van der Waals surface area contributed by atoms with Gasteiger partial charge in [-0.15, -0.1) is 0 Å². The fraction of sp³-hybridized carbons (Fsp3) is 0.143. The minimum absolute atomic E-state index is 0.0164. The van der Waals surface area contributed by atoms with Crippen LogP contribution in [0.2, 0.25) is 0 Å². The number of carbonyl (C=O) groups is 2. The van der Waals surface area contributed by atoms with Gasteiger partial charge in [-0.3, -0.25) is 9.59 Å². The van der Waals surface area contributed by atoms with Crippen LogP contribution >= 0.6 is 0 Å². The van der Waals surface area contributed by atoms with Crippen molar-refractivity contribution < 1.29 is 27.5 Å². The number of anilines is 2. The average Bonchev–Trinajstić information content (AvgIpc) is 3.02. The van der Waals surface area contributed by atoms with Gasteiger partial charge < -0.3 is 15.0 Å². The molecule has 0 radical (unpaired) electrons. The van der Waals surface area contributed by atoms with Crippen molar-refractivity contribution in [3.05, 3.63) is 70.9 Å². The number of fused-ring (bicyclic) bond motifs is 1. The van der Waals surface area contributed by atoms with Crippen molar-refractivity contribution >= 4 is 23.8 Å². The molecule has 0 saturated carbocycles. The Morgan fingerprint density at radius 3 is 2.58 bits per heavy atom. The lowest BCUT2D eigenvalue weighted by Gasteiger charge is -2.15.